The zero-order valence-electron chi connectivity index (χ0n) is 10.7. The summed E-state index contributed by atoms with van der Waals surface area (Å²) in [4.78, 5) is 0. The highest BCUT2D eigenvalue weighted by Crippen LogP contribution is 2.37. The van der Waals surface area contributed by atoms with Gasteiger partial charge in [0.15, 0.2) is 0 Å². The lowest BCUT2D eigenvalue weighted by Crippen LogP contribution is -1.99. The maximum Gasteiger partial charge on any atom is -0.0412 e. The van der Waals surface area contributed by atoms with E-state index in [0.717, 1.165) is 23.7 Å². The molecule has 0 aromatic rings. The van der Waals surface area contributed by atoms with Crippen molar-refractivity contribution in [2.45, 2.75) is 71.6 Å². The van der Waals surface area contributed by atoms with Crippen LogP contribution in [0, 0.1) is 23.7 Å². The normalized spacial score (nSPS) is 41.2. The second kappa shape index (κ2) is 5.37. The monoisotopic (exact) mass is 208 g/mol. The minimum Gasteiger partial charge on any atom is -0.0625 e. The Kier molecular flexibility index (Phi) is 4.11. The van der Waals surface area contributed by atoms with Crippen LogP contribution >= 0.6 is 0 Å². The molecule has 0 heteroatoms. The van der Waals surface area contributed by atoms with E-state index in [1.54, 1.807) is 0 Å². The van der Waals surface area contributed by atoms with Crippen LogP contribution in [0.2, 0.25) is 0 Å². The van der Waals surface area contributed by atoms with Crippen LogP contribution < -0.4 is 0 Å². The molecule has 0 saturated heterocycles. The molecule has 2 rings (SSSR count). The van der Waals surface area contributed by atoms with Crippen LogP contribution in [0.1, 0.15) is 71.6 Å². The van der Waals surface area contributed by atoms with Crippen molar-refractivity contribution in [1.29, 1.82) is 0 Å². The van der Waals surface area contributed by atoms with Gasteiger partial charge in [0.1, 0.15) is 0 Å². The summed E-state index contributed by atoms with van der Waals surface area (Å²) in [5.74, 6) is 4.25. The molecule has 4 unspecified atom stereocenters. The van der Waals surface area contributed by atoms with Gasteiger partial charge in [0.25, 0.3) is 0 Å². The van der Waals surface area contributed by atoms with Crippen LogP contribution in [0.25, 0.3) is 0 Å². The summed E-state index contributed by atoms with van der Waals surface area (Å²) in [6.45, 7) is 4.86. The molecule has 0 N–H and O–H groups in total. The third kappa shape index (κ3) is 3.50. The fourth-order valence-electron chi connectivity index (χ4n) is 3.87. The van der Waals surface area contributed by atoms with Gasteiger partial charge in [-0.2, -0.15) is 0 Å². The largest absolute Gasteiger partial charge is 0.0625 e. The molecular weight excluding hydrogens is 180 g/mol. The predicted molar refractivity (Wildman–Crippen MR) is 66.9 cm³/mol. The average molecular weight is 208 g/mol. The average Bonchev–Trinajstić information content (AvgIpc) is 2.76. The van der Waals surface area contributed by atoms with Gasteiger partial charge >= 0.3 is 0 Å². The fraction of sp³-hybridized carbons (Fsp3) is 1.00. The molecule has 0 heterocycles. The van der Waals surface area contributed by atoms with Crippen molar-refractivity contribution >= 4 is 0 Å². The predicted octanol–water partition coefficient (Wildman–Crippen LogP) is 5.03. The van der Waals surface area contributed by atoms with E-state index in [1.807, 2.05) is 0 Å². The van der Waals surface area contributed by atoms with E-state index in [2.05, 4.69) is 13.8 Å². The van der Waals surface area contributed by atoms with E-state index < -0.39 is 0 Å². The van der Waals surface area contributed by atoms with Crippen LogP contribution in [-0.2, 0) is 0 Å². The molecular formula is C15H28. The zero-order chi connectivity index (χ0) is 10.7. The summed E-state index contributed by atoms with van der Waals surface area (Å²) in [6, 6.07) is 0. The first-order valence-electron chi connectivity index (χ1n) is 7.24. The third-order valence-electron chi connectivity index (χ3n) is 4.83. The Bertz CT molecular complexity index is 164. The van der Waals surface area contributed by atoms with Crippen LogP contribution in [0.3, 0.4) is 0 Å². The Hall–Kier alpha value is 0. The van der Waals surface area contributed by atoms with Crippen molar-refractivity contribution in [1.82, 2.24) is 0 Å². The highest BCUT2D eigenvalue weighted by molar-refractivity contribution is 4.75. The third-order valence-corrected chi connectivity index (χ3v) is 4.83. The summed E-state index contributed by atoms with van der Waals surface area (Å²) in [7, 11) is 0. The Morgan fingerprint density at radius 2 is 1.20 bits per heavy atom. The first-order valence-corrected chi connectivity index (χ1v) is 7.24. The molecule has 0 spiro atoms. The summed E-state index contributed by atoms with van der Waals surface area (Å²) in [5, 5.41) is 0. The molecule has 0 aliphatic heterocycles. The highest BCUT2D eigenvalue weighted by atomic mass is 14.3. The smallest absolute Gasteiger partial charge is 0.0412 e. The molecule has 2 fully saturated rings. The van der Waals surface area contributed by atoms with E-state index in [0.29, 0.717) is 0 Å². The van der Waals surface area contributed by atoms with E-state index in [9.17, 15) is 0 Å². The van der Waals surface area contributed by atoms with E-state index in [4.69, 9.17) is 0 Å². The van der Waals surface area contributed by atoms with Crippen molar-refractivity contribution in [3.05, 3.63) is 0 Å². The van der Waals surface area contributed by atoms with Gasteiger partial charge in [0.05, 0.1) is 0 Å². The van der Waals surface area contributed by atoms with Gasteiger partial charge in [0, 0.05) is 0 Å². The zero-order valence-corrected chi connectivity index (χ0v) is 10.7. The van der Waals surface area contributed by atoms with E-state index in [-0.39, 0.29) is 0 Å². The Balaban J connectivity index is 1.55. The Morgan fingerprint density at radius 1 is 0.733 bits per heavy atom. The molecule has 0 aromatic carbocycles. The summed E-state index contributed by atoms with van der Waals surface area (Å²) in [6.07, 6.45) is 13.7. The molecule has 0 nitrogen and oxygen atoms in total. The molecule has 0 aromatic heterocycles. The van der Waals surface area contributed by atoms with E-state index in [1.165, 1.54) is 57.8 Å². The second-order valence-corrected chi connectivity index (χ2v) is 6.50. The van der Waals surface area contributed by atoms with Gasteiger partial charge in [-0.1, -0.05) is 58.8 Å². The lowest BCUT2D eigenvalue weighted by molar-refractivity contribution is 0.402. The first kappa shape index (κ1) is 11.5. The van der Waals surface area contributed by atoms with Gasteiger partial charge in [-0.15, -0.1) is 0 Å². The van der Waals surface area contributed by atoms with Crippen molar-refractivity contribution in [3.63, 3.8) is 0 Å². The summed E-state index contributed by atoms with van der Waals surface area (Å²) < 4.78 is 0. The van der Waals surface area contributed by atoms with Crippen molar-refractivity contribution < 1.29 is 0 Å². The Labute approximate surface area is 95.8 Å². The molecule has 0 bridgehead atoms. The molecule has 15 heavy (non-hydrogen) atoms. The summed E-state index contributed by atoms with van der Waals surface area (Å²) >= 11 is 0. The minimum absolute atomic E-state index is 1.03. The standard InChI is InChI=1S/C15H28/c1-12-6-8-14(10-12)4-3-5-15-9-7-13(2)11-15/h12-15H,3-11H2,1-2H3. The minimum atomic E-state index is 1.03. The molecule has 2 aliphatic carbocycles. The van der Waals surface area contributed by atoms with Crippen LogP contribution in [0.4, 0.5) is 0 Å². The maximum absolute atomic E-state index is 2.43. The number of rotatable bonds is 4. The van der Waals surface area contributed by atoms with Gasteiger partial charge in [0.2, 0.25) is 0 Å². The van der Waals surface area contributed by atoms with Crippen molar-refractivity contribution in [3.8, 4) is 0 Å². The molecule has 4 atom stereocenters. The lowest BCUT2D eigenvalue weighted by Gasteiger charge is -2.12. The molecule has 2 aliphatic rings. The van der Waals surface area contributed by atoms with Crippen LogP contribution in [0.15, 0.2) is 0 Å². The number of hydrogen-bond donors (Lipinski definition) is 0. The molecule has 0 radical (unpaired) electrons. The van der Waals surface area contributed by atoms with E-state index >= 15 is 0 Å². The molecule has 88 valence electrons. The van der Waals surface area contributed by atoms with Crippen molar-refractivity contribution in [2.24, 2.45) is 23.7 Å². The summed E-state index contributed by atoms with van der Waals surface area (Å²) in [5.41, 5.74) is 0. The molecule has 2 saturated carbocycles. The first-order chi connectivity index (χ1) is 7.24. The van der Waals surface area contributed by atoms with Gasteiger partial charge in [-0.3, -0.25) is 0 Å². The quantitative estimate of drug-likeness (QED) is 0.608. The highest BCUT2D eigenvalue weighted by Gasteiger charge is 2.23. The number of hydrogen-bond acceptors (Lipinski definition) is 0. The van der Waals surface area contributed by atoms with Crippen LogP contribution in [-0.4, -0.2) is 0 Å². The van der Waals surface area contributed by atoms with Gasteiger partial charge < -0.3 is 0 Å². The second-order valence-electron chi connectivity index (χ2n) is 6.50. The fourth-order valence-corrected chi connectivity index (χ4v) is 3.87. The SMILES string of the molecule is CC1CCC(CCCC2CCC(C)C2)C1. The topological polar surface area (TPSA) is 0 Å². The maximum atomic E-state index is 2.43. The lowest BCUT2D eigenvalue weighted by atomic mass is 9.94. The van der Waals surface area contributed by atoms with Gasteiger partial charge in [-0.05, 0) is 36.5 Å². The van der Waals surface area contributed by atoms with Gasteiger partial charge in [-0.25, -0.2) is 0 Å². The van der Waals surface area contributed by atoms with Crippen LogP contribution in [0.5, 0.6) is 0 Å². The molecule has 0 amide bonds. The Morgan fingerprint density at radius 3 is 1.53 bits per heavy atom. The van der Waals surface area contributed by atoms with Crippen molar-refractivity contribution in [2.75, 3.05) is 0 Å².